The van der Waals surface area contributed by atoms with Gasteiger partial charge < -0.3 is 0 Å². The Kier molecular flexibility index (Phi) is 5.47. The molecule has 0 bridgehead atoms. The molecule has 3 heteroatoms. The second-order valence-corrected chi connectivity index (χ2v) is 7.50. The first-order valence-electron chi connectivity index (χ1n) is 9.18. The molecule has 2 aliphatic rings. The number of benzene rings is 1. The number of rotatable bonds is 3. The second-order valence-electron chi connectivity index (χ2n) is 7.50. The predicted octanol–water partition coefficient (Wildman–Crippen LogP) is 5.21. The van der Waals surface area contributed by atoms with E-state index in [-0.39, 0.29) is 5.82 Å². The summed E-state index contributed by atoms with van der Waals surface area (Å²) in [6, 6.07) is 7.30. The molecule has 1 heterocycles. The molecule has 1 saturated carbocycles. The van der Waals surface area contributed by atoms with E-state index in [0.717, 1.165) is 49.5 Å². The van der Waals surface area contributed by atoms with Crippen LogP contribution in [0.15, 0.2) is 29.3 Å². The summed E-state index contributed by atoms with van der Waals surface area (Å²) >= 11 is 0. The van der Waals surface area contributed by atoms with Crippen molar-refractivity contribution in [3.8, 4) is 0 Å². The average molecular weight is 316 g/mol. The third-order valence-electron chi connectivity index (χ3n) is 5.69. The summed E-state index contributed by atoms with van der Waals surface area (Å²) in [5, 5.41) is 0. The highest BCUT2D eigenvalue weighted by molar-refractivity contribution is 5.87. The van der Waals surface area contributed by atoms with Crippen LogP contribution in [0.25, 0.3) is 0 Å². The van der Waals surface area contributed by atoms with E-state index >= 15 is 0 Å². The van der Waals surface area contributed by atoms with Crippen molar-refractivity contribution in [1.29, 1.82) is 0 Å². The van der Waals surface area contributed by atoms with Gasteiger partial charge in [0.25, 0.3) is 0 Å². The van der Waals surface area contributed by atoms with E-state index in [1.807, 2.05) is 0 Å². The summed E-state index contributed by atoms with van der Waals surface area (Å²) in [4.78, 5) is 7.38. The molecule has 0 amide bonds. The van der Waals surface area contributed by atoms with Crippen LogP contribution >= 0.6 is 0 Å². The lowest BCUT2D eigenvalue weighted by atomic mass is 9.79. The van der Waals surface area contributed by atoms with E-state index in [1.165, 1.54) is 43.5 Å². The minimum Gasteiger partial charge on any atom is -0.300 e. The normalized spacial score (nSPS) is 26.5. The zero-order chi connectivity index (χ0) is 16.2. The van der Waals surface area contributed by atoms with Crippen LogP contribution in [0.1, 0.15) is 52.4 Å². The average Bonchev–Trinajstić information content (AvgIpc) is 2.58. The van der Waals surface area contributed by atoms with Gasteiger partial charge >= 0.3 is 0 Å². The molecule has 23 heavy (non-hydrogen) atoms. The maximum Gasteiger partial charge on any atom is 0.123 e. The van der Waals surface area contributed by atoms with Crippen molar-refractivity contribution in [3.63, 3.8) is 0 Å². The van der Waals surface area contributed by atoms with Crippen LogP contribution in [0.3, 0.4) is 0 Å². The smallest absolute Gasteiger partial charge is 0.123 e. The fraction of sp³-hybridized carbons (Fsp3) is 0.650. The zero-order valence-corrected chi connectivity index (χ0v) is 14.5. The molecule has 1 aliphatic heterocycles. The number of likely N-dealkylation sites (tertiary alicyclic amines) is 1. The molecule has 0 radical (unpaired) electrons. The molecule has 0 aromatic heterocycles. The molecule has 0 unspecified atom stereocenters. The fourth-order valence-electron chi connectivity index (χ4n) is 4.09. The number of halogens is 1. The van der Waals surface area contributed by atoms with Crippen molar-refractivity contribution in [2.75, 3.05) is 13.1 Å². The molecule has 2 nitrogen and oxygen atoms in total. The Labute approximate surface area is 139 Å². The Bertz CT molecular complexity index is 517. The van der Waals surface area contributed by atoms with Crippen molar-refractivity contribution < 1.29 is 4.39 Å². The van der Waals surface area contributed by atoms with E-state index in [0.29, 0.717) is 0 Å². The summed E-state index contributed by atoms with van der Waals surface area (Å²) < 4.78 is 12.9. The maximum atomic E-state index is 12.9. The highest BCUT2D eigenvalue weighted by atomic mass is 19.1. The molecular formula is C20H29FN2. The van der Waals surface area contributed by atoms with Crippen LogP contribution < -0.4 is 0 Å². The summed E-state index contributed by atoms with van der Waals surface area (Å²) in [6.07, 6.45) is 7.65. The first-order chi connectivity index (χ1) is 11.1. The Hall–Kier alpha value is -1.22. The molecule has 1 saturated heterocycles. The quantitative estimate of drug-likeness (QED) is 0.747. The molecular weight excluding hydrogens is 287 g/mol. The van der Waals surface area contributed by atoms with Crippen LogP contribution in [0, 0.1) is 17.7 Å². The van der Waals surface area contributed by atoms with Gasteiger partial charge in [-0.25, -0.2) is 4.39 Å². The Balaban J connectivity index is 1.50. The molecule has 1 aromatic rings. The van der Waals surface area contributed by atoms with Crippen LogP contribution in [0.4, 0.5) is 10.1 Å². The van der Waals surface area contributed by atoms with Crippen molar-refractivity contribution in [1.82, 2.24) is 4.90 Å². The standard InChI is InChI=1S/C20H29FN2/c1-15(2)16-3-9-20(10-4-16)23-13-11-19(12-14-23)22-18-7-5-17(21)6-8-18/h5-8,15-16,20H,3-4,9-14H2,1-2H3/t16-,20+. The van der Waals surface area contributed by atoms with Crippen molar-refractivity contribution in [3.05, 3.63) is 30.1 Å². The van der Waals surface area contributed by atoms with Gasteiger partial charge in [0.05, 0.1) is 5.69 Å². The van der Waals surface area contributed by atoms with Crippen LogP contribution in [-0.4, -0.2) is 29.7 Å². The number of hydrogen-bond acceptors (Lipinski definition) is 2. The van der Waals surface area contributed by atoms with Gasteiger partial charge in [-0.1, -0.05) is 13.8 Å². The summed E-state index contributed by atoms with van der Waals surface area (Å²) in [6.45, 7) is 7.00. The largest absolute Gasteiger partial charge is 0.300 e. The monoisotopic (exact) mass is 316 g/mol. The maximum absolute atomic E-state index is 12.9. The van der Waals surface area contributed by atoms with Crippen molar-refractivity contribution >= 4 is 11.4 Å². The Morgan fingerprint density at radius 3 is 2.17 bits per heavy atom. The van der Waals surface area contributed by atoms with Gasteiger partial charge in [-0.05, 0) is 74.6 Å². The highest BCUT2D eigenvalue weighted by Crippen LogP contribution is 2.33. The highest BCUT2D eigenvalue weighted by Gasteiger charge is 2.28. The van der Waals surface area contributed by atoms with E-state index in [1.54, 1.807) is 12.1 Å². The van der Waals surface area contributed by atoms with Gasteiger partial charge in [-0.15, -0.1) is 0 Å². The van der Waals surface area contributed by atoms with Gasteiger partial charge in [0.1, 0.15) is 5.82 Å². The third-order valence-corrected chi connectivity index (χ3v) is 5.69. The molecule has 3 rings (SSSR count). The minimum atomic E-state index is -0.194. The lowest BCUT2D eigenvalue weighted by molar-refractivity contribution is 0.122. The lowest BCUT2D eigenvalue weighted by Gasteiger charge is -2.40. The van der Waals surface area contributed by atoms with E-state index < -0.39 is 0 Å². The van der Waals surface area contributed by atoms with E-state index in [4.69, 9.17) is 4.99 Å². The van der Waals surface area contributed by atoms with Gasteiger partial charge in [0, 0.05) is 24.8 Å². The van der Waals surface area contributed by atoms with Crippen LogP contribution in [0.2, 0.25) is 0 Å². The number of piperidine rings is 1. The van der Waals surface area contributed by atoms with Crippen molar-refractivity contribution in [2.24, 2.45) is 16.8 Å². The first kappa shape index (κ1) is 16.6. The molecule has 0 atom stereocenters. The summed E-state index contributed by atoms with van der Waals surface area (Å²) in [5.41, 5.74) is 2.15. The van der Waals surface area contributed by atoms with Gasteiger partial charge in [0.15, 0.2) is 0 Å². The fourth-order valence-corrected chi connectivity index (χ4v) is 4.09. The zero-order valence-electron chi connectivity index (χ0n) is 14.5. The number of nitrogens with zero attached hydrogens (tertiary/aromatic N) is 2. The Morgan fingerprint density at radius 2 is 1.61 bits per heavy atom. The van der Waals surface area contributed by atoms with E-state index in [2.05, 4.69) is 18.7 Å². The number of aliphatic imine (C=N–C) groups is 1. The van der Waals surface area contributed by atoms with Crippen LogP contribution in [0.5, 0.6) is 0 Å². The van der Waals surface area contributed by atoms with Gasteiger partial charge in [-0.2, -0.15) is 0 Å². The molecule has 2 fully saturated rings. The number of hydrogen-bond donors (Lipinski definition) is 0. The third kappa shape index (κ3) is 4.41. The minimum absolute atomic E-state index is 0.194. The summed E-state index contributed by atoms with van der Waals surface area (Å²) in [7, 11) is 0. The molecule has 0 spiro atoms. The topological polar surface area (TPSA) is 15.6 Å². The molecule has 1 aromatic carbocycles. The van der Waals surface area contributed by atoms with E-state index in [9.17, 15) is 4.39 Å². The summed E-state index contributed by atoms with van der Waals surface area (Å²) in [5.74, 6) is 1.58. The second kappa shape index (κ2) is 7.57. The van der Waals surface area contributed by atoms with Crippen LogP contribution in [-0.2, 0) is 0 Å². The van der Waals surface area contributed by atoms with Gasteiger partial charge in [-0.3, -0.25) is 9.89 Å². The SMILES string of the molecule is CC(C)[C@H]1CC[C@@H](N2CCC(=Nc3ccc(F)cc3)CC2)CC1. The molecule has 0 N–H and O–H groups in total. The predicted molar refractivity (Wildman–Crippen MR) is 94.9 cm³/mol. The van der Waals surface area contributed by atoms with Crippen molar-refractivity contribution in [2.45, 2.75) is 58.4 Å². The molecule has 1 aliphatic carbocycles. The lowest BCUT2D eigenvalue weighted by Crippen LogP contribution is -2.43. The van der Waals surface area contributed by atoms with Gasteiger partial charge in [0.2, 0.25) is 0 Å². The first-order valence-corrected chi connectivity index (χ1v) is 9.18. The Morgan fingerprint density at radius 1 is 1.00 bits per heavy atom. The molecule has 126 valence electrons.